The van der Waals surface area contributed by atoms with Gasteiger partial charge in [0.05, 0.1) is 56.0 Å². The van der Waals surface area contributed by atoms with Crippen LogP contribution in [0, 0.1) is 47.6 Å². The molecule has 23 nitrogen and oxygen atoms in total. The molecule has 4 N–H and O–H groups in total. The molecule has 6 aromatic carbocycles. The summed E-state index contributed by atoms with van der Waals surface area (Å²) >= 11 is 0. The molecule has 1 heterocycles. The molecule has 86 heavy (non-hydrogen) atoms. The van der Waals surface area contributed by atoms with Gasteiger partial charge in [-0.3, -0.25) is 9.44 Å². The second kappa shape index (κ2) is 30.4. The first kappa shape index (κ1) is 79.1. The second-order valence-electron chi connectivity index (χ2n) is 18.1. The summed E-state index contributed by atoms with van der Waals surface area (Å²) in [5.41, 5.74) is -1.87. The van der Waals surface area contributed by atoms with Crippen LogP contribution < -0.4 is 223 Å². The van der Waals surface area contributed by atoms with Crippen molar-refractivity contribution in [3.63, 3.8) is 0 Å². The zero-order valence-corrected chi connectivity index (χ0v) is 63.4. The summed E-state index contributed by atoms with van der Waals surface area (Å²) in [4.78, 5) is 46.5. The van der Waals surface area contributed by atoms with Crippen molar-refractivity contribution in [1.82, 2.24) is 0 Å². The van der Waals surface area contributed by atoms with Gasteiger partial charge in [-0.05, 0) is 112 Å². The molecule has 6 aromatic rings. The number of hydrogen-bond acceptors (Lipinski definition) is 20. The van der Waals surface area contributed by atoms with Gasteiger partial charge in [-0.1, -0.05) is 53.0 Å². The number of carbonyl (C=O) groups is 4. The molecular formula is C53H38N4Na6O19S4. The number of sulfonamides is 2. The van der Waals surface area contributed by atoms with Gasteiger partial charge in [0.2, 0.25) is 11.0 Å². The van der Waals surface area contributed by atoms with E-state index < -0.39 is 111 Å². The van der Waals surface area contributed by atoms with Crippen molar-refractivity contribution in [2.45, 2.75) is 61.1 Å². The van der Waals surface area contributed by atoms with Crippen molar-refractivity contribution in [2.24, 2.45) is 0 Å². The molecule has 414 valence electrons. The number of aryl methyl sites for hydroxylation is 4. The Bertz CT molecular complexity index is 4600. The van der Waals surface area contributed by atoms with E-state index in [2.05, 4.69) is 25.8 Å². The summed E-state index contributed by atoms with van der Waals surface area (Å²) in [5, 5.41) is 49.3. The van der Waals surface area contributed by atoms with E-state index in [0.717, 1.165) is 36.4 Å². The summed E-state index contributed by atoms with van der Waals surface area (Å²) in [6.07, 6.45) is 0. The molecule has 1 aliphatic carbocycles. The number of carboxylic acids is 4. The van der Waals surface area contributed by atoms with Crippen LogP contribution in [0.3, 0.4) is 0 Å². The van der Waals surface area contributed by atoms with Crippen LogP contribution in [0.2, 0.25) is 0 Å². The minimum absolute atomic E-state index is 0. The van der Waals surface area contributed by atoms with Crippen molar-refractivity contribution >= 4 is 104 Å². The van der Waals surface area contributed by atoms with Gasteiger partial charge in [0.25, 0.3) is 20.0 Å². The van der Waals surface area contributed by atoms with Crippen molar-refractivity contribution < 1.29 is 269 Å². The van der Waals surface area contributed by atoms with Crippen molar-refractivity contribution in [1.29, 1.82) is 0 Å². The van der Waals surface area contributed by atoms with Crippen molar-refractivity contribution in [3.8, 4) is 22.5 Å². The molecule has 0 atom stereocenters. The van der Waals surface area contributed by atoms with E-state index in [0.29, 0.717) is 46.1 Å². The Morgan fingerprint density at radius 3 is 1.43 bits per heavy atom. The number of carbonyl (C=O) groups excluding carboxylic acids is 4. The van der Waals surface area contributed by atoms with Gasteiger partial charge < -0.3 is 58.4 Å². The average molecular weight is 1300 g/mol. The van der Waals surface area contributed by atoms with Gasteiger partial charge in [-0.15, -0.1) is 6.07 Å². The Kier molecular flexibility index (Phi) is 28.0. The normalized spacial score (nSPS) is 11.5. The summed E-state index contributed by atoms with van der Waals surface area (Å²) in [5.74, 6) is -7.99. The zero-order valence-electron chi connectivity index (χ0n) is 48.1. The Labute approximate surface area is 626 Å². The fraction of sp³-hybridized carbons (Fsp3) is 0.113. The molecule has 0 aromatic heterocycles. The monoisotopic (exact) mass is 1300 g/mol. The number of benzene rings is 7. The minimum Gasteiger partial charge on any atom is -0.744 e. The van der Waals surface area contributed by atoms with Gasteiger partial charge in [-0.2, -0.15) is 12.1 Å². The number of fused-ring (bicyclic) bond motifs is 2. The number of rotatable bonds is 16. The van der Waals surface area contributed by atoms with Gasteiger partial charge >= 0.3 is 177 Å². The molecule has 0 saturated carbocycles. The minimum atomic E-state index is -5.51. The molecule has 2 aliphatic rings. The molecule has 0 saturated heterocycles. The molecule has 0 bridgehead atoms. The molecule has 33 heteroatoms. The van der Waals surface area contributed by atoms with Crippen LogP contribution >= 0.6 is 0 Å². The Hall–Kier alpha value is -2.99. The first-order chi connectivity index (χ1) is 37.2. The smallest absolute Gasteiger partial charge is 0.744 e. The third kappa shape index (κ3) is 16.6. The van der Waals surface area contributed by atoms with Crippen LogP contribution in [0.5, 0.6) is 0 Å². The van der Waals surface area contributed by atoms with Crippen molar-refractivity contribution in [3.05, 3.63) is 164 Å². The van der Waals surface area contributed by atoms with E-state index in [4.69, 9.17) is 4.42 Å². The molecule has 0 spiro atoms. The maximum absolute atomic E-state index is 13.8. The van der Waals surface area contributed by atoms with Gasteiger partial charge in [0.1, 0.15) is 30.9 Å². The van der Waals surface area contributed by atoms with E-state index in [1.807, 2.05) is 0 Å². The Morgan fingerprint density at radius 2 is 0.953 bits per heavy atom. The Morgan fingerprint density at radius 1 is 0.500 bits per heavy atom. The summed E-state index contributed by atoms with van der Waals surface area (Å²) in [6.45, 7) is 9.30. The summed E-state index contributed by atoms with van der Waals surface area (Å²) in [6, 6.07) is 20.0. The largest absolute Gasteiger partial charge is 1.00 e. The van der Waals surface area contributed by atoms with Crippen LogP contribution in [0.15, 0.2) is 121 Å². The first-order valence-electron chi connectivity index (χ1n) is 23.0. The number of aromatic carboxylic acids is 4. The third-order valence-electron chi connectivity index (χ3n) is 12.9. The standard InChI is InChI=1S/C53H43N4O19S4.6Na/c1-24-17-26(3)48(56-77(66,67)31-12-15-33(50(58)59)37(20-31)52(62)63)28(5)46(24)54-30-11-14-35-41(19-30)76-42-23-40(44(80(73,74)75)22-39(42)45(35)36-9-7-8-10-43(36)79(70,71)72)55-47-25(2)18-27(4)49(29(47)6)57-78(68,69)32-13-16-34(51(60)61)38(21-32)53(64)65;;;;;;/h7-10,12-23,54,56-57H,1-6H3,(H,58,59)(H,60,61)(H,62,63)(H,64,65)(H,70,71,72)(H,73,74,75);;;;;;/q-1;6*+1/p-5. The molecule has 0 unspecified atom stereocenters. The first-order valence-corrected chi connectivity index (χ1v) is 28.7. The van der Waals surface area contributed by atoms with E-state index in [1.165, 1.54) is 50.2 Å². The fourth-order valence-corrected chi connectivity index (χ4v) is 13.0. The number of nitrogens with one attached hydrogen (secondary N) is 4. The third-order valence-corrected chi connectivity index (χ3v) is 17.3. The van der Waals surface area contributed by atoms with Gasteiger partial charge in [0, 0.05) is 50.2 Å². The van der Waals surface area contributed by atoms with Crippen LogP contribution in [0.25, 0.3) is 33.4 Å². The van der Waals surface area contributed by atoms with Crippen LogP contribution in [-0.2, 0) is 40.3 Å². The van der Waals surface area contributed by atoms with Gasteiger partial charge in [-0.25, -0.2) is 38.7 Å². The molecular weight excluding hydrogens is 1260 g/mol. The number of carboxylic acid groups (broad SMARTS) is 4. The molecule has 1 aliphatic heterocycles. The predicted molar refractivity (Wildman–Crippen MR) is 273 cm³/mol. The van der Waals surface area contributed by atoms with E-state index >= 15 is 0 Å². The van der Waals surface area contributed by atoms with E-state index in [1.54, 1.807) is 33.8 Å². The second-order valence-corrected chi connectivity index (χ2v) is 24.2. The summed E-state index contributed by atoms with van der Waals surface area (Å²) in [7, 11) is -20.1. The van der Waals surface area contributed by atoms with Gasteiger partial charge in [0.15, 0.2) is 0 Å². The predicted octanol–water partition coefficient (Wildman–Crippen LogP) is -17.2. The topological polar surface area (TPSA) is 406 Å². The maximum Gasteiger partial charge on any atom is 1.00 e. The fourth-order valence-electron chi connectivity index (χ4n) is 9.21. The molecule has 0 amide bonds. The zero-order chi connectivity index (χ0) is 58.9. The number of anilines is 4. The van der Waals surface area contributed by atoms with Crippen molar-refractivity contribution in [2.75, 3.05) is 14.8 Å². The maximum atomic E-state index is 13.8. The van der Waals surface area contributed by atoms with E-state index in [9.17, 15) is 82.4 Å². The molecule has 0 fully saturated rings. The average Bonchev–Trinajstić information content (AvgIpc) is 1.30. The quantitative estimate of drug-likeness (QED) is 0.0302. The Balaban J connectivity index is 0.00000420. The van der Waals surface area contributed by atoms with Crippen LogP contribution in [0.4, 0.5) is 28.4 Å². The van der Waals surface area contributed by atoms with E-state index in [-0.39, 0.29) is 245 Å². The molecule has 0 radical (unpaired) electrons. The van der Waals surface area contributed by atoms with Crippen LogP contribution in [0.1, 0.15) is 74.8 Å². The summed E-state index contributed by atoms with van der Waals surface area (Å²) < 4.78 is 145. The SMILES string of the molecule is Cc1cc(C)c(NS(=O)(=O)c2ccc(C(=O)[O-])c(C(=O)[O-])c2)c(C)c1Nc1[c-]cc2c(-c3ccccc3S(=O)(=O)[O-])c3cc(S(=O)(=O)[O-])c(=[NH+]c4c(C)cc(C)c(NS(=O)(=O)c5ccc(C(=O)[O-])c(C(=O)[O-])c5)c4C)cc-3oc2c1.[Na+].[Na+].[Na+].[Na+].[Na+].[Na+]. The van der Waals surface area contributed by atoms with Crippen LogP contribution in [-0.4, -0.2) is 66.7 Å². The number of hydrogen-bond donors (Lipinski definition) is 4. The molecule has 8 rings (SSSR count).